The first-order valence-electron chi connectivity index (χ1n) is 9.37. The molecular weight excluding hydrogens is 479 g/mol. The van der Waals surface area contributed by atoms with Crippen molar-refractivity contribution in [3.05, 3.63) is 65.7 Å². The maximum absolute atomic E-state index is 12.0. The van der Waals surface area contributed by atoms with Crippen LogP contribution < -0.4 is 20.7 Å². The summed E-state index contributed by atoms with van der Waals surface area (Å²) in [5.74, 6) is 1.30. The Morgan fingerprint density at radius 1 is 1.00 bits per heavy atom. The molecular formula is C22H31IN4O2. The number of aliphatic imine (C=N–C) groups is 1. The third-order valence-electron chi connectivity index (χ3n) is 3.81. The summed E-state index contributed by atoms with van der Waals surface area (Å²) < 4.78 is 5.98. The Bertz CT molecular complexity index is 789. The first-order valence-corrected chi connectivity index (χ1v) is 9.37. The van der Waals surface area contributed by atoms with Gasteiger partial charge in [0.1, 0.15) is 12.4 Å². The van der Waals surface area contributed by atoms with Crippen molar-refractivity contribution in [2.75, 3.05) is 13.6 Å². The molecule has 0 heterocycles. The largest absolute Gasteiger partial charge is 0.489 e. The third-order valence-corrected chi connectivity index (χ3v) is 3.81. The zero-order valence-corrected chi connectivity index (χ0v) is 19.8. The number of amides is 1. The van der Waals surface area contributed by atoms with E-state index in [4.69, 9.17) is 4.74 Å². The van der Waals surface area contributed by atoms with Gasteiger partial charge in [-0.15, -0.1) is 24.0 Å². The second-order valence-electron chi connectivity index (χ2n) is 7.46. The summed E-state index contributed by atoms with van der Waals surface area (Å²) in [4.78, 5) is 16.1. The topological polar surface area (TPSA) is 74.8 Å². The highest BCUT2D eigenvalue weighted by molar-refractivity contribution is 14.0. The molecule has 0 fully saturated rings. The fourth-order valence-electron chi connectivity index (χ4n) is 2.55. The molecule has 29 heavy (non-hydrogen) atoms. The molecule has 2 aromatic carbocycles. The molecule has 0 bridgehead atoms. The van der Waals surface area contributed by atoms with Gasteiger partial charge >= 0.3 is 0 Å². The summed E-state index contributed by atoms with van der Waals surface area (Å²) in [6.45, 7) is 7.05. The molecule has 0 spiro atoms. The molecule has 0 unspecified atom stereocenters. The number of nitrogens with one attached hydrogen (secondary N) is 3. The molecule has 3 N–H and O–H groups in total. The van der Waals surface area contributed by atoms with Crippen molar-refractivity contribution in [2.45, 2.75) is 39.5 Å². The number of carbonyl (C=O) groups is 1. The molecule has 6 nitrogen and oxygen atoms in total. The molecule has 0 aliphatic heterocycles. The predicted octanol–water partition coefficient (Wildman–Crippen LogP) is 3.46. The quantitative estimate of drug-likeness (QED) is 0.303. The van der Waals surface area contributed by atoms with Gasteiger partial charge in [-0.25, -0.2) is 0 Å². The number of rotatable bonds is 7. The fourth-order valence-corrected chi connectivity index (χ4v) is 2.55. The van der Waals surface area contributed by atoms with Gasteiger partial charge < -0.3 is 20.7 Å². The summed E-state index contributed by atoms with van der Waals surface area (Å²) >= 11 is 0. The van der Waals surface area contributed by atoms with Gasteiger partial charge in [-0.3, -0.25) is 9.79 Å². The van der Waals surface area contributed by atoms with Gasteiger partial charge in [-0.1, -0.05) is 48.5 Å². The fraction of sp³-hybridized carbons (Fsp3) is 0.364. The van der Waals surface area contributed by atoms with Crippen LogP contribution in [0.3, 0.4) is 0 Å². The summed E-state index contributed by atoms with van der Waals surface area (Å²) in [5.41, 5.74) is 1.87. The van der Waals surface area contributed by atoms with Crippen molar-refractivity contribution < 1.29 is 9.53 Å². The number of hydrogen-bond acceptors (Lipinski definition) is 3. The van der Waals surface area contributed by atoms with E-state index in [0.29, 0.717) is 19.1 Å². The van der Waals surface area contributed by atoms with E-state index < -0.39 is 0 Å². The van der Waals surface area contributed by atoms with Crippen LogP contribution >= 0.6 is 24.0 Å². The van der Waals surface area contributed by atoms with Gasteiger partial charge in [-0.05, 0) is 32.4 Å². The highest BCUT2D eigenvalue weighted by atomic mass is 127. The maximum atomic E-state index is 12.0. The number of guanidine groups is 1. The third kappa shape index (κ3) is 9.65. The van der Waals surface area contributed by atoms with Crippen molar-refractivity contribution in [1.82, 2.24) is 16.0 Å². The highest BCUT2D eigenvalue weighted by Gasteiger charge is 2.13. The zero-order valence-electron chi connectivity index (χ0n) is 17.5. The minimum absolute atomic E-state index is 0. The molecule has 0 aromatic heterocycles. The van der Waals surface area contributed by atoms with Crippen LogP contribution in [0.25, 0.3) is 0 Å². The normalized spacial score (nSPS) is 11.2. The first-order chi connectivity index (χ1) is 13.4. The lowest BCUT2D eigenvalue weighted by molar-refractivity contribution is -0.121. The van der Waals surface area contributed by atoms with Crippen molar-refractivity contribution >= 4 is 35.8 Å². The van der Waals surface area contributed by atoms with Gasteiger partial charge in [0.2, 0.25) is 5.91 Å². The number of nitrogens with zero attached hydrogens (tertiary/aromatic N) is 1. The lowest BCUT2D eigenvalue weighted by Gasteiger charge is -2.21. The molecule has 0 aliphatic rings. The summed E-state index contributed by atoms with van der Waals surface area (Å²) in [6.07, 6.45) is 0. The Morgan fingerprint density at radius 3 is 2.31 bits per heavy atom. The van der Waals surface area contributed by atoms with Crippen LogP contribution in [-0.2, 0) is 17.9 Å². The highest BCUT2D eigenvalue weighted by Crippen LogP contribution is 2.19. The number of benzene rings is 2. The van der Waals surface area contributed by atoms with Crippen LogP contribution in [0.2, 0.25) is 0 Å². The number of carbonyl (C=O) groups excluding carboxylic acids is 1. The Kier molecular flexibility index (Phi) is 10.5. The lowest BCUT2D eigenvalue weighted by atomic mass is 10.1. The van der Waals surface area contributed by atoms with Crippen molar-refractivity contribution in [3.8, 4) is 5.75 Å². The number of hydrogen-bond donors (Lipinski definition) is 3. The van der Waals surface area contributed by atoms with E-state index in [1.165, 1.54) is 0 Å². The predicted molar refractivity (Wildman–Crippen MR) is 129 cm³/mol. The van der Waals surface area contributed by atoms with E-state index in [1.54, 1.807) is 7.05 Å². The Labute approximate surface area is 190 Å². The average Bonchev–Trinajstić information content (AvgIpc) is 2.66. The molecule has 0 atom stereocenters. The van der Waals surface area contributed by atoms with Crippen LogP contribution in [0.4, 0.5) is 0 Å². The molecule has 2 aromatic rings. The van der Waals surface area contributed by atoms with Gasteiger partial charge in [0.25, 0.3) is 0 Å². The monoisotopic (exact) mass is 510 g/mol. The molecule has 158 valence electrons. The van der Waals surface area contributed by atoms with Crippen LogP contribution in [0.15, 0.2) is 59.6 Å². The molecule has 0 radical (unpaired) electrons. The van der Waals surface area contributed by atoms with Crippen molar-refractivity contribution in [2.24, 2.45) is 4.99 Å². The van der Waals surface area contributed by atoms with E-state index in [9.17, 15) is 4.79 Å². The number of ether oxygens (including phenoxy) is 1. The number of halogens is 1. The average molecular weight is 510 g/mol. The second kappa shape index (κ2) is 12.3. The minimum Gasteiger partial charge on any atom is -0.489 e. The van der Waals surface area contributed by atoms with Crippen LogP contribution in [0.5, 0.6) is 5.75 Å². The molecule has 2 rings (SSSR count). The molecule has 0 saturated carbocycles. The number of para-hydroxylation sites is 1. The molecule has 0 aliphatic carbocycles. The van der Waals surface area contributed by atoms with Gasteiger partial charge in [0.15, 0.2) is 5.96 Å². The maximum Gasteiger partial charge on any atom is 0.239 e. The first kappa shape index (κ1) is 24.7. The summed E-state index contributed by atoms with van der Waals surface area (Å²) in [7, 11) is 1.68. The Morgan fingerprint density at radius 2 is 1.66 bits per heavy atom. The lowest BCUT2D eigenvalue weighted by Crippen LogP contribution is -2.48. The van der Waals surface area contributed by atoms with Gasteiger partial charge in [0.05, 0.1) is 6.54 Å². The van der Waals surface area contributed by atoms with E-state index in [2.05, 4.69) is 20.9 Å². The second-order valence-corrected chi connectivity index (χ2v) is 7.46. The van der Waals surface area contributed by atoms with Crippen molar-refractivity contribution in [3.63, 3.8) is 0 Å². The zero-order chi connectivity index (χ0) is 20.4. The summed E-state index contributed by atoms with van der Waals surface area (Å²) in [5, 5.41) is 9.16. The van der Waals surface area contributed by atoms with E-state index in [1.807, 2.05) is 75.4 Å². The minimum atomic E-state index is -0.259. The van der Waals surface area contributed by atoms with Crippen LogP contribution in [-0.4, -0.2) is 31.0 Å². The summed E-state index contributed by atoms with van der Waals surface area (Å²) in [6, 6.07) is 17.9. The van der Waals surface area contributed by atoms with Gasteiger partial charge in [-0.2, -0.15) is 0 Å². The Hall–Kier alpha value is -2.29. The molecule has 7 heteroatoms. The molecule has 1 amide bonds. The van der Waals surface area contributed by atoms with Gasteiger partial charge in [0, 0.05) is 24.7 Å². The van der Waals surface area contributed by atoms with E-state index in [-0.39, 0.29) is 42.0 Å². The van der Waals surface area contributed by atoms with Crippen LogP contribution in [0, 0.1) is 0 Å². The Balaban J connectivity index is 0.00000420. The standard InChI is InChI=1S/C22H30N4O2.HI/c1-22(2,3)26-20(27)15-25-21(23-4)24-14-18-12-8-9-13-19(18)28-16-17-10-6-5-7-11-17;/h5-13H,14-16H2,1-4H3,(H,26,27)(H2,23,24,25);1H. The van der Waals surface area contributed by atoms with Crippen LogP contribution in [0.1, 0.15) is 31.9 Å². The SMILES string of the molecule is CN=C(NCC(=O)NC(C)(C)C)NCc1ccccc1OCc1ccccc1.I. The van der Waals surface area contributed by atoms with E-state index in [0.717, 1.165) is 16.9 Å². The van der Waals surface area contributed by atoms with Crippen molar-refractivity contribution in [1.29, 1.82) is 0 Å². The molecule has 0 saturated heterocycles. The van der Waals surface area contributed by atoms with E-state index >= 15 is 0 Å². The smallest absolute Gasteiger partial charge is 0.239 e.